The van der Waals surface area contributed by atoms with Gasteiger partial charge in [0.1, 0.15) is 11.5 Å². The van der Waals surface area contributed by atoms with Crippen molar-refractivity contribution in [2.45, 2.75) is 6.54 Å². The molecule has 0 radical (unpaired) electrons. The number of aromatic nitrogens is 2. The van der Waals surface area contributed by atoms with Crippen LogP contribution < -0.4 is 5.32 Å². The molecule has 3 rings (SSSR count). The summed E-state index contributed by atoms with van der Waals surface area (Å²) in [4.78, 5) is 34.9. The molecular formula is C17H18FN5O2. The molecule has 7 nitrogen and oxygen atoms in total. The zero-order valence-corrected chi connectivity index (χ0v) is 13.6. The molecule has 0 spiro atoms. The Morgan fingerprint density at radius 2 is 1.88 bits per heavy atom. The third-order valence-corrected chi connectivity index (χ3v) is 3.99. The normalized spacial score (nSPS) is 14.3. The number of hydrogen-bond acceptors (Lipinski definition) is 5. The summed E-state index contributed by atoms with van der Waals surface area (Å²) in [5.41, 5.74) is 1.18. The molecule has 2 aromatic rings. The number of halogens is 1. The number of nitrogens with one attached hydrogen (secondary N) is 1. The quantitative estimate of drug-likeness (QED) is 0.824. The van der Waals surface area contributed by atoms with Gasteiger partial charge < -0.3 is 15.1 Å². The summed E-state index contributed by atoms with van der Waals surface area (Å²) in [7, 11) is 0. The van der Waals surface area contributed by atoms with E-state index in [1.165, 1.54) is 18.3 Å². The number of hydrogen-bond donors (Lipinski definition) is 1. The van der Waals surface area contributed by atoms with E-state index < -0.39 is 0 Å². The van der Waals surface area contributed by atoms with Crippen molar-refractivity contribution in [3.8, 4) is 0 Å². The molecule has 25 heavy (non-hydrogen) atoms. The number of piperazine rings is 1. The Hall–Kier alpha value is -3.03. The molecular weight excluding hydrogens is 325 g/mol. The average Bonchev–Trinajstić information content (AvgIpc) is 2.67. The fraction of sp³-hybridized carbons (Fsp3) is 0.294. The first-order valence-corrected chi connectivity index (χ1v) is 7.96. The Labute approximate surface area is 144 Å². The first-order chi connectivity index (χ1) is 12.2. The molecule has 130 valence electrons. The Balaban J connectivity index is 1.61. The predicted molar refractivity (Wildman–Crippen MR) is 89.3 cm³/mol. The molecule has 0 unspecified atom stereocenters. The van der Waals surface area contributed by atoms with Gasteiger partial charge in [-0.05, 0) is 23.8 Å². The summed E-state index contributed by atoms with van der Waals surface area (Å²) < 4.78 is 12.9. The summed E-state index contributed by atoms with van der Waals surface area (Å²) in [5.74, 6) is -0.137. The van der Waals surface area contributed by atoms with Gasteiger partial charge in [0.05, 0.1) is 0 Å². The number of carbonyl (C=O) groups excluding carboxylic acids is 2. The van der Waals surface area contributed by atoms with Crippen molar-refractivity contribution in [1.82, 2.24) is 19.8 Å². The van der Waals surface area contributed by atoms with Gasteiger partial charge in [-0.25, -0.2) is 14.4 Å². The summed E-state index contributed by atoms with van der Waals surface area (Å²) in [6.07, 6.45) is 2.32. The van der Waals surface area contributed by atoms with Crippen LogP contribution in [-0.4, -0.2) is 58.3 Å². The van der Waals surface area contributed by atoms with E-state index >= 15 is 0 Å². The highest BCUT2D eigenvalue weighted by atomic mass is 19.1. The molecule has 1 aromatic carbocycles. The summed E-state index contributed by atoms with van der Waals surface area (Å²) in [6.45, 7) is 2.45. The summed E-state index contributed by atoms with van der Waals surface area (Å²) >= 11 is 0. The molecule has 0 bridgehead atoms. The topological polar surface area (TPSA) is 78.4 Å². The van der Waals surface area contributed by atoms with Crippen LogP contribution in [0.3, 0.4) is 0 Å². The monoisotopic (exact) mass is 343 g/mol. The number of rotatable bonds is 5. The molecule has 1 aromatic heterocycles. The van der Waals surface area contributed by atoms with E-state index in [4.69, 9.17) is 0 Å². The molecule has 0 saturated carbocycles. The minimum absolute atomic E-state index is 0.183. The Kier molecular flexibility index (Phi) is 5.17. The number of anilines is 1. The van der Waals surface area contributed by atoms with Gasteiger partial charge in [0, 0.05) is 38.9 Å². The minimum atomic E-state index is -0.290. The van der Waals surface area contributed by atoms with E-state index in [9.17, 15) is 14.0 Å². The van der Waals surface area contributed by atoms with E-state index in [0.717, 1.165) is 12.0 Å². The summed E-state index contributed by atoms with van der Waals surface area (Å²) in [5, 5.41) is 3.02. The lowest BCUT2D eigenvalue weighted by Gasteiger charge is -2.32. The third kappa shape index (κ3) is 4.28. The van der Waals surface area contributed by atoms with E-state index in [1.54, 1.807) is 28.0 Å². The lowest BCUT2D eigenvalue weighted by Crippen LogP contribution is -2.48. The van der Waals surface area contributed by atoms with Crippen LogP contribution in [-0.2, 0) is 11.3 Å². The second-order valence-corrected chi connectivity index (χ2v) is 5.68. The maximum atomic E-state index is 12.9. The molecule has 0 atom stereocenters. The maximum Gasteiger partial charge on any atom is 0.272 e. The second-order valence-electron chi connectivity index (χ2n) is 5.68. The van der Waals surface area contributed by atoms with Crippen LogP contribution in [0.1, 0.15) is 16.1 Å². The third-order valence-electron chi connectivity index (χ3n) is 3.99. The van der Waals surface area contributed by atoms with Crippen LogP contribution in [0.2, 0.25) is 0 Å². The first-order valence-electron chi connectivity index (χ1n) is 7.96. The van der Waals surface area contributed by atoms with Crippen molar-refractivity contribution >= 4 is 18.3 Å². The first kappa shape index (κ1) is 16.8. The number of benzene rings is 1. The zero-order chi connectivity index (χ0) is 17.6. The molecule has 1 N–H and O–H groups in total. The predicted octanol–water partition coefficient (Wildman–Crippen LogP) is 1.14. The average molecular weight is 343 g/mol. The van der Waals surface area contributed by atoms with E-state index in [-0.39, 0.29) is 11.7 Å². The maximum absolute atomic E-state index is 12.9. The molecule has 0 aliphatic carbocycles. The zero-order valence-electron chi connectivity index (χ0n) is 13.6. The molecule has 2 heterocycles. The van der Waals surface area contributed by atoms with Crippen molar-refractivity contribution in [2.24, 2.45) is 0 Å². The minimum Gasteiger partial charge on any atom is -0.350 e. The second kappa shape index (κ2) is 7.69. The van der Waals surface area contributed by atoms with Crippen LogP contribution in [0.4, 0.5) is 10.3 Å². The van der Waals surface area contributed by atoms with Gasteiger partial charge in [-0.2, -0.15) is 0 Å². The van der Waals surface area contributed by atoms with Gasteiger partial charge in [-0.15, -0.1) is 0 Å². The van der Waals surface area contributed by atoms with Gasteiger partial charge in [-0.1, -0.05) is 12.1 Å². The molecule has 1 aliphatic rings. The largest absolute Gasteiger partial charge is 0.350 e. The van der Waals surface area contributed by atoms with Gasteiger partial charge in [0.25, 0.3) is 5.91 Å². The Morgan fingerprint density at radius 3 is 2.56 bits per heavy atom. The molecule has 1 fully saturated rings. The lowest BCUT2D eigenvalue weighted by atomic mass is 10.2. The highest BCUT2D eigenvalue weighted by Gasteiger charge is 2.22. The van der Waals surface area contributed by atoms with Crippen molar-refractivity contribution in [2.75, 3.05) is 31.5 Å². The standard InChI is InChI=1S/C17H18FN5O2/c18-14-3-1-13(2-4-14)11-20-17-19-6-5-15(21-17)16(25)23-9-7-22(12-24)8-10-23/h1-6,12H,7-11H2,(H,19,20,21). The number of amides is 2. The van der Waals surface area contributed by atoms with Crippen molar-refractivity contribution in [1.29, 1.82) is 0 Å². The van der Waals surface area contributed by atoms with Crippen LogP contribution in [0, 0.1) is 5.82 Å². The highest BCUT2D eigenvalue weighted by molar-refractivity contribution is 5.92. The van der Waals surface area contributed by atoms with Crippen molar-refractivity contribution < 1.29 is 14.0 Å². The van der Waals surface area contributed by atoms with Crippen molar-refractivity contribution in [3.63, 3.8) is 0 Å². The van der Waals surface area contributed by atoms with Crippen LogP contribution in [0.15, 0.2) is 36.5 Å². The van der Waals surface area contributed by atoms with Gasteiger partial charge in [0.2, 0.25) is 12.4 Å². The Bertz CT molecular complexity index is 745. The van der Waals surface area contributed by atoms with Crippen LogP contribution >= 0.6 is 0 Å². The number of carbonyl (C=O) groups is 2. The number of nitrogens with zero attached hydrogens (tertiary/aromatic N) is 4. The van der Waals surface area contributed by atoms with Gasteiger partial charge >= 0.3 is 0 Å². The lowest BCUT2D eigenvalue weighted by molar-refractivity contribution is -0.119. The van der Waals surface area contributed by atoms with E-state index in [0.29, 0.717) is 44.4 Å². The van der Waals surface area contributed by atoms with Gasteiger partial charge in [0.15, 0.2) is 0 Å². The molecule has 1 aliphatic heterocycles. The molecule has 1 saturated heterocycles. The molecule has 2 amide bonds. The highest BCUT2D eigenvalue weighted by Crippen LogP contribution is 2.09. The smallest absolute Gasteiger partial charge is 0.272 e. The van der Waals surface area contributed by atoms with Gasteiger partial charge in [-0.3, -0.25) is 9.59 Å². The SMILES string of the molecule is O=CN1CCN(C(=O)c2ccnc(NCc3ccc(F)cc3)n2)CC1. The fourth-order valence-corrected chi connectivity index (χ4v) is 2.54. The summed E-state index contributed by atoms with van der Waals surface area (Å²) in [6, 6.07) is 7.68. The van der Waals surface area contributed by atoms with E-state index in [2.05, 4.69) is 15.3 Å². The van der Waals surface area contributed by atoms with Crippen LogP contribution in [0.25, 0.3) is 0 Å². The Morgan fingerprint density at radius 1 is 1.16 bits per heavy atom. The van der Waals surface area contributed by atoms with E-state index in [1.807, 2.05) is 0 Å². The fourth-order valence-electron chi connectivity index (χ4n) is 2.54. The van der Waals surface area contributed by atoms with Crippen molar-refractivity contribution in [3.05, 3.63) is 53.6 Å². The molecule has 8 heteroatoms. The van der Waals surface area contributed by atoms with Crippen LogP contribution in [0.5, 0.6) is 0 Å².